The fourth-order valence-corrected chi connectivity index (χ4v) is 1.39. The first kappa shape index (κ1) is 13.9. The second kappa shape index (κ2) is 4.98. The van der Waals surface area contributed by atoms with E-state index in [9.17, 15) is 13.2 Å². The van der Waals surface area contributed by atoms with Crippen LogP contribution in [-0.2, 0) is 33.3 Å². The zero-order chi connectivity index (χ0) is 11.8. The van der Waals surface area contributed by atoms with Crippen molar-refractivity contribution in [2.75, 3.05) is 0 Å². The van der Waals surface area contributed by atoms with Gasteiger partial charge in [0.1, 0.15) is 12.6 Å². The summed E-state index contributed by atoms with van der Waals surface area (Å²) in [6.07, 6.45) is -2.03. The summed E-state index contributed by atoms with van der Waals surface area (Å²) in [6.45, 7) is 0. The predicted octanol–water partition coefficient (Wildman–Crippen LogP) is 1.55. The molecule has 0 spiro atoms. The first-order valence-electron chi connectivity index (χ1n) is 4.51. The van der Waals surface area contributed by atoms with Crippen molar-refractivity contribution in [3.05, 3.63) is 36.2 Å². The molecule has 2 heterocycles. The Labute approximate surface area is 109 Å². The molecule has 0 aliphatic rings. The Kier molecular flexibility index (Phi) is 4.06. The number of pyridine rings is 1. The minimum Gasteiger partial charge on any atom is -0.408 e. The summed E-state index contributed by atoms with van der Waals surface area (Å²) >= 11 is 0. The molecule has 0 fully saturated rings. The van der Waals surface area contributed by atoms with Crippen molar-refractivity contribution in [1.82, 2.24) is 10.1 Å². The van der Waals surface area contributed by atoms with E-state index in [-0.39, 0.29) is 31.5 Å². The van der Waals surface area contributed by atoms with Crippen molar-refractivity contribution in [2.45, 2.75) is 6.18 Å². The molecule has 1 radical (unpaired) electrons. The van der Waals surface area contributed by atoms with Crippen LogP contribution < -0.4 is 9.78 Å². The van der Waals surface area contributed by atoms with Crippen molar-refractivity contribution >= 4 is 0 Å². The summed E-state index contributed by atoms with van der Waals surface area (Å²) in [5.74, 6) is 0. The van der Waals surface area contributed by atoms with Crippen LogP contribution >= 0.6 is 0 Å². The van der Waals surface area contributed by atoms with Crippen LogP contribution in [0.3, 0.4) is 0 Å². The largest absolute Gasteiger partial charge is 0.421 e. The van der Waals surface area contributed by atoms with Gasteiger partial charge in [0.25, 0.3) is 0 Å². The molecule has 0 N–H and O–H groups in total. The van der Waals surface area contributed by atoms with Gasteiger partial charge in [0, 0.05) is 26.3 Å². The zero-order valence-electron chi connectivity index (χ0n) is 8.70. The van der Waals surface area contributed by atoms with E-state index in [1.165, 1.54) is 19.3 Å². The van der Waals surface area contributed by atoms with Crippen LogP contribution in [0.4, 0.5) is 13.2 Å². The fraction of sp³-hybridized carbons (Fsp3) is 0.200. The van der Waals surface area contributed by atoms with Gasteiger partial charge in [0.2, 0.25) is 0 Å². The van der Waals surface area contributed by atoms with E-state index in [0.717, 1.165) is 10.9 Å². The molecule has 93 valence electrons. The molecule has 7 heteroatoms. The molecule has 2 rings (SSSR count). The molecule has 0 atom stereocenters. The topological polar surface area (TPSA) is 30.9 Å². The van der Waals surface area contributed by atoms with E-state index in [2.05, 4.69) is 10.1 Å². The van der Waals surface area contributed by atoms with E-state index in [1.54, 1.807) is 12.1 Å². The first-order valence-corrected chi connectivity index (χ1v) is 4.51. The van der Waals surface area contributed by atoms with Crippen molar-refractivity contribution < 1.29 is 38.0 Å². The molecule has 2 aromatic rings. The van der Waals surface area contributed by atoms with Crippen LogP contribution in [0.1, 0.15) is 5.56 Å². The van der Waals surface area contributed by atoms with Gasteiger partial charge in [-0.1, -0.05) is 6.07 Å². The number of aromatic nitrogens is 3. The monoisotopic (exact) mass is 420 g/mol. The SMILES string of the molecule is C[n+]1cc(C(F)(F)F)c(-c2ccccn2)[n-]1.[Ir]. The van der Waals surface area contributed by atoms with Crippen LogP contribution in [0.2, 0.25) is 0 Å². The molecule has 0 aliphatic carbocycles. The maximum Gasteiger partial charge on any atom is 0.421 e. The number of halogens is 3. The van der Waals surface area contributed by atoms with Crippen LogP contribution in [0.5, 0.6) is 0 Å². The molecule has 0 saturated heterocycles. The van der Waals surface area contributed by atoms with Gasteiger partial charge in [-0.05, 0) is 17.8 Å². The van der Waals surface area contributed by atoms with Gasteiger partial charge in [-0.3, -0.25) is 9.67 Å². The minimum absolute atomic E-state index is 0. The van der Waals surface area contributed by atoms with Crippen LogP contribution in [0, 0.1) is 0 Å². The number of rotatable bonds is 1. The number of hydrogen-bond donors (Lipinski definition) is 0. The Morgan fingerprint density at radius 2 is 2.00 bits per heavy atom. The quantitative estimate of drug-likeness (QED) is 0.657. The number of alkyl halides is 3. The van der Waals surface area contributed by atoms with Gasteiger partial charge in [0.15, 0.2) is 6.20 Å². The molecular formula is C10H8F3IrN3. The molecule has 0 unspecified atom stereocenters. The van der Waals surface area contributed by atoms with Crippen molar-refractivity contribution in [1.29, 1.82) is 0 Å². The first-order chi connectivity index (χ1) is 7.48. The number of hydrogen-bond acceptors (Lipinski definition) is 1. The Hall–Kier alpha value is -1.20. The predicted molar refractivity (Wildman–Crippen MR) is 49.2 cm³/mol. The molecule has 0 bridgehead atoms. The van der Waals surface area contributed by atoms with Crippen molar-refractivity contribution in [3.8, 4) is 11.4 Å². The van der Waals surface area contributed by atoms with E-state index in [1.807, 2.05) is 0 Å². The summed E-state index contributed by atoms with van der Waals surface area (Å²) in [7, 11) is 1.45. The third-order valence-electron chi connectivity index (χ3n) is 2.04. The summed E-state index contributed by atoms with van der Waals surface area (Å²) in [4.78, 5) is 3.86. The maximum absolute atomic E-state index is 12.7. The van der Waals surface area contributed by atoms with E-state index in [0.29, 0.717) is 0 Å². The molecule has 17 heavy (non-hydrogen) atoms. The molecule has 0 aliphatic heterocycles. The zero-order valence-corrected chi connectivity index (χ0v) is 11.1. The minimum atomic E-state index is -4.42. The van der Waals surface area contributed by atoms with E-state index in [4.69, 9.17) is 0 Å². The molecule has 2 aromatic heterocycles. The van der Waals surface area contributed by atoms with Crippen LogP contribution in [0.25, 0.3) is 11.4 Å². The molecular weight excluding hydrogens is 411 g/mol. The summed E-state index contributed by atoms with van der Waals surface area (Å²) < 4.78 is 39.1. The van der Waals surface area contributed by atoms with Gasteiger partial charge in [0.05, 0.1) is 5.69 Å². The Morgan fingerprint density at radius 3 is 2.53 bits per heavy atom. The van der Waals surface area contributed by atoms with E-state index < -0.39 is 11.7 Å². The summed E-state index contributed by atoms with van der Waals surface area (Å²) in [5.41, 5.74) is -0.695. The molecule has 0 aromatic carbocycles. The van der Waals surface area contributed by atoms with Gasteiger partial charge < -0.3 is 5.10 Å². The molecule has 0 saturated carbocycles. The second-order valence-corrected chi connectivity index (χ2v) is 3.28. The molecule has 3 nitrogen and oxygen atoms in total. The Balaban J connectivity index is 0.00000144. The maximum atomic E-state index is 12.7. The third-order valence-corrected chi connectivity index (χ3v) is 2.04. The average molecular weight is 419 g/mol. The van der Waals surface area contributed by atoms with Crippen molar-refractivity contribution in [2.24, 2.45) is 7.05 Å². The average Bonchev–Trinajstić information content (AvgIpc) is 2.61. The summed E-state index contributed by atoms with van der Waals surface area (Å²) in [6, 6.07) is 4.76. The van der Waals surface area contributed by atoms with Crippen LogP contribution in [-0.4, -0.2) is 4.98 Å². The smallest absolute Gasteiger partial charge is 0.408 e. The van der Waals surface area contributed by atoms with Crippen LogP contribution in [0.15, 0.2) is 30.6 Å². The standard InChI is InChI=1S/C10H8F3N3.Ir/c1-16-6-7(10(11,12)13)9(15-16)8-4-2-3-5-14-8;/h2-6H,1H3;. The fourth-order valence-electron chi connectivity index (χ4n) is 1.39. The van der Waals surface area contributed by atoms with Gasteiger partial charge in [-0.25, -0.2) is 0 Å². The van der Waals surface area contributed by atoms with Gasteiger partial charge in [-0.15, -0.1) is 0 Å². The molecule has 0 amide bonds. The Morgan fingerprint density at radius 1 is 1.29 bits per heavy atom. The number of nitrogens with zero attached hydrogens (tertiary/aromatic N) is 3. The Bertz CT molecular complexity index is 493. The summed E-state index contributed by atoms with van der Waals surface area (Å²) in [5, 5.41) is 3.78. The normalized spacial score (nSPS) is 11.1. The van der Waals surface area contributed by atoms with Gasteiger partial charge in [-0.2, -0.15) is 13.2 Å². The second-order valence-electron chi connectivity index (χ2n) is 3.28. The van der Waals surface area contributed by atoms with E-state index >= 15 is 0 Å². The van der Waals surface area contributed by atoms with Crippen molar-refractivity contribution in [3.63, 3.8) is 0 Å². The van der Waals surface area contributed by atoms with Gasteiger partial charge >= 0.3 is 6.18 Å². The number of aryl methyl sites for hydroxylation is 1. The third kappa shape index (κ3) is 2.92.